The Hall–Kier alpha value is -1.11. The molecular formula is C12H11NO2S3. The lowest BCUT2D eigenvalue weighted by Crippen LogP contribution is -2.30. The molecule has 0 fully saturated rings. The highest BCUT2D eigenvalue weighted by Gasteiger charge is 2.09. The summed E-state index contributed by atoms with van der Waals surface area (Å²) in [5.74, 6) is 0.191. The molecule has 6 heteroatoms. The average molecular weight is 297 g/mol. The van der Waals surface area contributed by atoms with E-state index < -0.39 is 0 Å². The Bertz CT molecular complexity index is 505. The van der Waals surface area contributed by atoms with Crippen molar-refractivity contribution in [1.82, 2.24) is 5.32 Å². The van der Waals surface area contributed by atoms with Crippen molar-refractivity contribution >= 4 is 46.1 Å². The van der Waals surface area contributed by atoms with Gasteiger partial charge in [-0.25, -0.2) is 0 Å². The van der Waals surface area contributed by atoms with E-state index in [-0.39, 0.29) is 18.2 Å². The molecule has 0 saturated carbocycles. The first-order valence-electron chi connectivity index (χ1n) is 5.25. The Morgan fingerprint density at radius 1 is 1.17 bits per heavy atom. The highest BCUT2D eigenvalue weighted by molar-refractivity contribution is 8.01. The molecular weight excluding hydrogens is 286 g/mol. The lowest BCUT2D eigenvalue weighted by atomic mass is 10.3. The first kappa shape index (κ1) is 13.3. The molecule has 0 unspecified atom stereocenters. The van der Waals surface area contributed by atoms with Gasteiger partial charge in [-0.2, -0.15) is 0 Å². The van der Waals surface area contributed by atoms with Gasteiger partial charge in [-0.15, -0.1) is 34.4 Å². The lowest BCUT2D eigenvalue weighted by Gasteiger charge is -2.02. The third-order valence-electron chi connectivity index (χ3n) is 2.08. The van der Waals surface area contributed by atoms with Crippen LogP contribution in [0.4, 0.5) is 0 Å². The number of Topliss-reactive ketones (excluding diaryl/α,β-unsaturated/α-hetero) is 1. The molecule has 1 N–H and O–H groups in total. The number of nitrogens with one attached hydrogen (secondary N) is 1. The quantitative estimate of drug-likeness (QED) is 0.659. The topological polar surface area (TPSA) is 46.2 Å². The van der Waals surface area contributed by atoms with Gasteiger partial charge in [0.2, 0.25) is 5.91 Å². The molecule has 94 valence electrons. The predicted molar refractivity (Wildman–Crippen MR) is 76.7 cm³/mol. The Balaban J connectivity index is 1.70. The molecule has 2 heterocycles. The van der Waals surface area contributed by atoms with Crippen LogP contribution in [-0.2, 0) is 4.79 Å². The lowest BCUT2D eigenvalue weighted by molar-refractivity contribution is -0.118. The van der Waals surface area contributed by atoms with Crippen molar-refractivity contribution in [3.05, 3.63) is 39.9 Å². The van der Waals surface area contributed by atoms with E-state index in [0.29, 0.717) is 10.6 Å². The van der Waals surface area contributed by atoms with Gasteiger partial charge >= 0.3 is 0 Å². The molecule has 0 saturated heterocycles. The van der Waals surface area contributed by atoms with E-state index in [0.717, 1.165) is 4.21 Å². The molecule has 0 spiro atoms. The second-order valence-corrected chi connectivity index (χ2v) is 6.57. The smallest absolute Gasteiger partial charge is 0.230 e. The largest absolute Gasteiger partial charge is 0.348 e. The zero-order valence-electron chi connectivity index (χ0n) is 9.42. The third-order valence-corrected chi connectivity index (χ3v) is 5.12. The minimum atomic E-state index is -0.113. The normalized spacial score (nSPS) is 10.2. The number of amides is 1. The molecule has 0 aliphatic carbocycles. The summed E-state index contributed by atoms with van der Waals surface area (Å²) in [7, 11) is 0. The molecule has 0 radical (unpaired) electrons. The third kappa shape index (κ3) is 3.97. The Kier molecular flexibility index (Phi) is 4.98. The minimum absolute atomic E-state index is 0.0422. The average Bonchev–Trinajstić information content (AvgIpc) is 3.05. The van der Waals surface area contributed by atoms with E-state index in [9.17, 15) is 9.59 Å². The van der Waals surface area contributed by atoms with E-state index >= 15 is 0 Å². The van der Waals surface area contributed by atoms with E-state index in [1.54, 1.807) is 17.4 Å². The van der Waals surface area contributed by atoms with Crippen molar-refractivity contribution in [2.45, 2.75) is 4.21 Å². The zero-order valence-corrected chi connectivity index (χ0v) is 11.9. The summed E-state index contributed by atoms with van der Waals surface area (Å²) in [5, 5.41) is 6.46. The van der Waals surface area contributed by atoms with E-state index in [1.165, 1.54) is 23.1 Å². The summed E-state index contributed by atoms with van der Waals surface area (Å²) in [5.41, 5.74) is 0. The van der Waals surface area contributed by atoms with Crippen LogP contribution in [-0.4, -0.2) is 24.0 Å². The molecule has 0 atom stereocenters. The number of rotatable bonds is 6. The van der Waals surface area contributed by atoms with E-state index in [1.807, 2.05) is 29.0 Å². The Morgan fingerprint density at radius 2 is 1.94 bits per heavy atom. The summed E-state index contributed by atoms with van der Waals surface area (Å²) in [6, 6.07) is 7.51. The van der Waals surface area contributed by atoms with Gasteiger partial charge in [0.25, 0.3) is 0 Å². The second kappa shape index (κ2) is 6.72. The maximum atomic E-state index is 11.6. The molecule has 2 rings (SSSR count). The maximum absolute atomic E-state index is 11.6. The van der Waals surface area contributed by atoms with Crippen molar-refractivity contribution < 1.29 is 9.59 Å². The first-order chi connectivity index (χ1) is 8.75. The molecule has 0 aromatic carbocycles. The summed E-state index contributed by atoms with van der Waals surface area (Å²) in [6.07, 6.45) is 0. The van der Waals surface area contributed by atoms with Gasteiger partial charge in [-0.05, 0) is 22.9 Å². The Morgan fingerprint density at radius 3 is 2.61 bits per heavy atom. The molecule has 2 aromatic heterocycles. The summed E-state index contributed by atoms with van der Waals surface area (Å²) in [4.78, 5) is 23.9. The van der Waals surface area contributed by atoms with Crippen LogP contribution in [0.2, 0.25) is 0 Å². The number of carbonyl (C=O) groups excluding carboxylic acids is 2. The number of thioether (sulfide) groups is 1. The molecule has 0 aliphatic rings. The molecule has 18 heavy (non-hydrogen) atoms. The molecule has 0 aliphatic heterocycles. The number of thiophene rings is 2. The van der Waals surface area contributed by atoms with Gasteiger partial charge in [0, 0.05) is 0 Å². The van der Waals surface area contributed by atoms with Gasteiger partial charge in [0.15, 0.2) is 5.78 Å². The highest BCUT2D eigenvalue weighted by atomic mass is 32.2. The molecule has 3 nitrogen and oxygen atoms in total. The van der Waals surface area contributed by atoms with Crippen LogP contribution in [0.15, 0.2) is 39.2 Å². The fourth-order valence-corrected chi connectivity index (χ4v) is 3.52. The maximum Gasteiger partial charge on any atom is 0.230 e. The van der Waals surface area contributed by atoms with Crippen LogP contribution in [0.3, 0.4) is 0 Å². The van der Waals surface area contributed by atoms with E-state index in [4.69, 9.17) is 0 Å². The summed E-state index contributed by atoms with van der Waals surface area (Å²) < 4.78 is 1.11. The van der Waals surface area contributed by atoms with E-state index in [2.05, 4.69) is 5.32 Å². The van der Waals surface area contributed by atoms with Crippen LogP contribution in [0.25, 0.3) is 0 Å². The van der Waals surface area contributed by atoms with Gasteiger partial charge in [0.05, 0.1) is 21.4 Å². The number of ketones is 1. The fourth-order valence-electron chi connectivity index (χ4n) is 1.24. The van der Waals surface area contributed by atoms with Crippen molar-refractivity contribution in [2.75, 3.05) is 12.3 Å². The van der Waals surface area contributed by atoms with Crippen LogP contribution in [0, 0.1) is 0 Å². The number of hydrogen-bond donors (Lipinski definition) is 1. The van der Waals surface area contributed by atoms with Crippen molar-refractivity contribution in [3.63, 3.8) is 0 Å². The molecule has 2 aromatic rings. The fraction of sp³-hybridized carbons (Fsp3) is 0.167. The van der Waals surface area contributed by atoms with Gasteiger partial charge < -0.3 is 5.32 Å². The van der Waals surface area contributed by atoms with Crippen molar-refractivity contribution in [3.8, 4) is 0 Å². The SMILES string of the molecule is O=C(CSc1cccs1)NCC(=O)c1cccs1. The van der Waals surface area contributed by atoms with Crippen LogP contribution in [0.5, 0.6) is 0 Å². The molecule has 0 bridgehead atoms. The molecule has 1 amide bonds. The van der Waals surface area contributed by atoms with Crippen LogP contribution >= 0.6 is 34.4 Å². The summed E-state index contributed by atoms with van der Waals surface area (Å²) in [6.45, 7) is 0.0738. The second-order valence-electron chi connectivity index (χ2n) is 3.40. The van der Waals surface area contributed by atoms with Gasteiger partial charge in [-0.1, -0.05) is 12.1 Å². The Labute approximate surface area is 117 Å². The first-order valence-corrected chi connectivity index (χ1v) is 8.00. The predicted octanol–water partition coefficient (Wildman–Crippen LogP) is 2.90. The number of hydrogen-bond acceptors (Lipinski definition) is 5. The standard InChI is InChI=1S/C12H11NO2S3/c14-9(10-3-1-5-16-10)7-13-11(15)8-18-12-4-2-6-17-12/h1-6H,7-8H2,(H,13,15). The highest BCUT2D eigenvalue weighted by Crippen LogP contribution is 2.22. The van der Waals surface area contributed by atoms with Gasteiger partial charge in [0.1, 0.15) is 0 Å². The number of carbonyl (C=O) groups is 2. The van der Waals surface area contributed by atoms with Crippen LogP contribution < -0.4 is 5.32 Å². The van der Waals surface area contributed by atoms with Crippen molar-refractivity contribution in [2.24, 2.45) is 0 Å². The van der Waals surface area contributed by atoms with Crippen molar-refractivity contribution in [1.29, 1.82) is 0 Å². The van der Waals surface area contributed by atoms with Crippen LogP contribution in [0.1, 0.15) is 9.67 Å². The monoisotopic (exact) mass is 297 g/mol. The zero-order chi connectivity index (χ0) is 12.8. The van der Waals surface area contributed by atoms with Gasteiger partial charge in [-0.3, -0.25) is 9.59 Å². The summed E-state index contributed by atoms with van der Waals surface area (Å²) >= 11 is 4.48. The minimum Gasteiger partial charge on any atom is -0.348 e.